The minimum atomic E-state index is -0.134. The van der Waals surface area contributed by atoms with Gasteiger partial charge in [0.15, 0.2) is 11.6 Å². The van der Waals surface area contributed by atoms with E-state index in [0.29, 0.717) is 40.2 Å². The van der Waals surface area contributed by atoms with Crippen LogP contribution in [0.3, 0.4) is 0 Å². The summed E-state index contributed by atoms with van der Waals surface area (Å²) in [5.41, 5.74) is 1.29. The van der Waals surface area contributed by atoms with Crippen LogP contribution in [0.2, 0.25) is 0 Å². The second-order valence-corrected chi connectivity index (χ2v) is 6.89. The molecule has 142 valence electrons. The predicted octanol–water partition coefficient (Wildman–Crippen LogP) is 3.18. The summed E-state index contributed by atoms with van der Waals surface area (Å²) < 4.78 is 7.06. The third-order valence-corrected chi connectivity index (χ3v) is 5.33. The molecule has 7 nitrogen and oxygen atoms in total. The zero-order chi connectivity index (χ0) is 19.6. The summed E-state index contributed by atoms with van der Waals surface area (Å²) in [5, 5.41) is 10.5. The number of benzene rings is 1. The number of ether oxygens (including phenoxy) is 1. The van der Waals surface area contributed by atoms with Gasteiger partial charge < -0.3 is 4.74 Å². The van der Waals surface area contributed by atoms with Crippen molar-refractivity contribution in [3.8, 4) is 5.75 Å². The molecule has 2 aromatic rings. The molecule has 0 N–H and O–H groups in total. The zero-order valence-electron chi connectivity index (χ0n) is 15.9. The van der Waals surface area contributed by atoms with Crippen LogP contribution in [-0.2, 0) is 16.0 Å². The molecular weight excluding hydrogens is 364 g/mol. The van der Waals surface area contributed by atoms with Crippen molar-refractivity contribution < 1.29 is 14.3 Å². The number of hydrogen-bond acceptors (Lipinski definition) is 6. The highest BCUT2D eigenvalue weighted by Crippen LogP contribution is 2.41. The first-order valence-electron chi connectivity index (χ1n) is 8.92. The molecule has 27 heavy (non-hydrogen) atoms. The maximum Gasteiger partial charge on any atom is 0.246 e. The number of aromatic nitrogens is 3. The van der Waals surface area contributed by atoms with Gasteiger partial charge in [0.05, 0.1) is 17.7 Å². The Labute approximate surface area is 162 Å². The van der Waals surface area contributed by atoms with E-state index < -0.39 is 0 Å². The Bertz CT molecular complexity index is 919. The van der Waals surface area contributed by atoms with Crippen LogP contribution >= 0.6 is 11.8 Å². The molecule has 0 fully saturated rings. The van der Waals surface area contributed by atoms with Gasteiger partial charge in [0.25, 0.3) is 0 Å². The Hall–Kier alpha value is -2.61. The van der Waals surface area contributed by atoms with E-state index in [2.05, 4.69) is 10.2 Å². The maximum absolute atomic E-state index is 13.0. The molecule has 0 bridgehead atoms. The lowest BCUT2D eigenvalue weighted by atomic mass is 10.1. The highest BCUT2D eigenvalue weighted by molar-refractivity contribution is 8.04. The first kappa shape index (κ1) is 19.2. The van der Waals surface area contributed by atoms with E-state index in [9.17, 15) is 9.59 Å². The summed E-state index contributed by atoms with van der Waals surface area (Å²) in [5.74, 6) is 1.15. The van der Waals surface area contributed by atoms with Crippen molar-refractivity contribution in [1.29, 1.82) is 0 Å². The van der Waals surface area contributed by atoms with Crippen molar-refractivity contribution in [2.45, 2.75) is 45.2 Å². The van der Waals surface area contributed by atoms with Gasteiger partial charge in [-0.15, -0.1) is 10.2 Å². The fourth-order valence-corrected chi connectivity index (χ4v) is 3.97. The molecule has 1 aromatic heterocycles. The minimum absolute atomic E-state index is 0.0426. The highest BCUT2D eigenvalue weighted by Gasteiger charge is 2.35. The standard InChI is InChI=1S/C19H22N4O3S/c1-5-14(24)18-17(12-9-8-10-13(11-12)26-4)23(16(25)7-3)22-15(6-2)20-21-19(22)27-18/h8-11H,5-7H2,1-4H3. The van der Waals surface area contributed by atoms with Gasteiger partial charge in [-0.1, -0.05) is 32.9 Å². The summed E-state index contributed by atoms with van der Waals surface area (Å²) in [6, 6.07) is 7.37. The van der Waals surface area contributed by atoms with Crippen LogP contribution in [0.1, 0.15) is 45.0 Å². The SMILES string of the molecule is CCC(=O)C1=C(c2cccc(OC)c2)N(C(=O)CC)n2c(CC)nnc2S1. The summed E-state index contributed by atoms with van der Waals surface area (Å²) in [4.78, 5) is 26.2. The van der Waals surface area contributed by atoms with Gasteiger partial charge in [-0.25, -0.2) is 9.69 Å². The molecule has 0 spiro atoms. The van der Waals surface area contributed by atoms with Gasteiger partial charge in [-0.3, -0.25) is 9.59 Å². The number of carbonyl (C=O) groups is 2. The minimum Gasteiger partial charge on any atom is -0.497 e. The molecule has 1 aromatic carbocycles. The molecular formula is C19H22N4O3S. The van der Waals surface area contributed by atoms with Crippen LogP contribution in [-0.4, -0.2) is 33.7 Å². The summed E-state index contributed by atoms with van der Waals surface area (Å²) >= 11 is 1.26. The van der Waals surface area contributed by atoms with Gasteiger partial charge in [0.2, 0.25) is 11.1 Å². The van der Waals surface area contributed by atoms with E-state index in [1.165, 1.54) is 11.8 Å². The second kappa shape index (κ2) is 7.96. The highest BCUT2D eigenvalue weighted by atomic mass is 32.2. The Balaban J connectivity index is 2.30. The lowest BCUT2D eigenvalue weighted by Gasteiger charge is -2.33. The van der Waals surface area contributed by atoms with Crippen molar-refractivity contribution in [3.63, 3.8) is 0 Å². The number of nitrogens with zero attached hydrogens (tertiary/aromatic N) is 4. The van der Waals surface area contributed by atoms with Crippen molar-refractivity contribution in [3.05, 3.63) is 40.6 Å². The van der Waals surface area contributed by atoms with Gasteiger partial charge in [0, 0.05) is 24.8 Å². The third kappa shape index (κ3) is 3.37. The van der Waals surface area contributed by atoms with E-state index >= 15 is 0 Å². The Kier molecular flexibility index (Phi) is 5.65. The van der Waals surface area contributed by atoms with Crippen LogP contribution in [0.4, 0.5) is 0 Å². The van der Waals surface area contributed by atoms with Crippen molar-refractivity contribution in [1.82, 2.24) is 14.9 Å². The number of aryl methyl sites for hydroxylation is 1. The summed E-state index contributed by atoms with van der Waals surface area (Å²) in [6.07, 6.45) is 1.23. The number of rotatable bonds is 6. The number of hydrogen-bond donors (Lipinski definition) is 0. The first-order valence-corrected chi connectivity index (χ1v) is 9.74. The topological polar surface area (TPSA) is 77.3 Å². The van der Waals surface area contributed by atoms with Crippen LogP contribution in [0, 0.1) is 0 Å². The Morgan fingerprint density at radius 3 is 2.56 bits per heavy atom. The van der Waals surface area contributed by atoms with Gasteiger partial charge >= 0.3 is 0 Å². The smallest absolute Gasteiger partial charge is 0.246 e. The van der Waals surface area contributed by atoms with Gasteiger partial charge in [-0.05, 0) is 23.9 Å². The molecule has 0 atom stereocenters. The average Bonchev–Trinajstić information content (AvgIpc) is 3.13. The van der Waals surface area contributed by atoms with Crippen molar-refractivity contribution in [2.75, 3.05) is 12.1 Å². The molecule has 0 aliphatic carbocycles. The lowest BCUT2D eigenvalue weighted by Crippen LogP contribution is -2.42. The van der Waals surface area contributed by atoms with Crippen molar-refractivity contribution >= 4 is 29.1 Å². The number of allylic oxidation sites excluding steroid dienone is 1. The number of Topliss-reactive ketones (excluding diaryl/α,β-unsaturated/α-hetero) is 1. The first-order chi connectivity index (χ1) is 13.0. The van der Waals surface area contributed by atoms with Crippen molar-refractivity contribution in [2.24, 2.45) is 0 Å². The normalized spacial score (nSPS) is 13.6. The molecule has 0 unspecified atom stereocenters. The monoisotopic (exact) mass is 386 g/mol. The average molecular weight is 386 g/mol. The zero-order valence-corrected chi connectivity index (χ0v) is 16.7. The van der Waals surface area contributed by atoms with Crippen LogP contribution < -0.4 is 9.75 Å². The Morgan fingerprint density at radius 1 is 1.15 bits per heavy atom. The molecule has 0 saturated heterocycles. The quantitative estimate of drug-likeness (QED) is 0.759. The largest absolute Gasteiger partial charge is 0.497 e. The van der Waals surface area contributed by atoms with E-state index in [1.807, 2.05) is 38.1 Å². The van der Waals surface area contributed by atoms with Gasteiger partial charge in [0.1, 0.15) is 5.75 Å². The fourth-order valence-electron chi connectivity index (χ4n) is 2.88. The summed E-state index contributed by atoms with van der Waals surface area (Å²) in [7, 11) is 1.59. The van der Waals surface area contributed by atoms with Gasteiger partial charge in [-0.2, -0.15) is 0 Å². The van der Waals surface area contributed by atoms with E-state index in [-0.39, 0.29) is 18.1 Å². The number of thioether (sulfide) groups is 1. The molecule has 0 radical (unpaired) electrons. The maximum atomic E-state index is 13.0. The Morgan fingerprint density at radius 2 is 1.93 bits per heavy atom. The molecule has 8 heteroatoms. The number of carbonyl (C=O) groups excluding carboxylic acids is 2. The number of amides is 1. The molecule has 1 aliphatic heterocycles. The fraction of sp³-hybridized carbons (Fsp3) is 0.368. The number of methoxy groups -OCH3 is 1. The lowest BCUT2D eigenvalue weighted by molar-refractivity contribution is -0.119. The number of ketones is 1. The molecule has 1 amide bonds. The van der Waals surface area contributed by atoms with Crippen LogP contribution in [0.25, 0.3) is 5.70 Å². The third-order valence-electron chi connectivity index (χ3n) is 4.27. The van der Waals surface area contributed by atoms with E-state index in [0.717, 1.165) is 5.56 Å². The van der Waals surface area contributed by atoms with E-state index in [4.69, 9.17) is 4.74 Å². The predicted molar refractivity (Wildman–Crippen MR) is 104 cm³/mol. The molecule has 2 heterocycles. The van der Waals surface area contributed by atoms with Crippen LogP contribution in [0.15, 0.2) is 34.3 Å². The molecule has 3 rings (SSSR count). The van der Waals surface area contributed by atoms with Crippen LogP contribution in [0.5, 0.6) is 5.75 Å². The molecule has 1 aliphatic rings. The van der Waals surface area contributed by atoms with E-state index in [1.54, 1.807) is 23.7 Å². The number of fused-ring (bicyclic) bond motifs is 1. The molecule has 0 saturated carbocycles. The summed E-state index contributed by atoms with van der Waals surface area (Å²) in [6.45, 7) is 5.56. The second-order valence-electron chi connectivity index (χ2n) is 5.91.